The van der Waals surface area contributed by atoms with Gasteiger partial charge in [-0.1, -0.05) is 25.0 Å². The summed E-state index contributed by atoms with van der Waals surface area (Å²) in [5.41, 5.74) is 0.0429. The quantitative estimate of drug-likeness (QED) is 0.728. The van der Waals surface area contributed by atoms with E-state index in [0.29, 0.717) is 17.9 Å². The van der Waals surface area contributed by atoms with Crippen LogP contribution in [0.4, 0.5) is 0 Å². The van der Waals surface area contributed by atoms with Crippen LogP contribution in [0.15, 0.2) is 29.2 Å². The first kappa shape index (κ1) is 19.3. The highest BCUT2D eigenvalue weighted by Gasteiger charge is 2.61. The minimum atomic E-state index is -3.56. The fraction of sp³-hybridized carbons (Fsp3) is 0.684. The topological polar surface area (TPSA) is 74.3 Å². The monoisotopic (exact) mass is 397 g/mol. The Bertz CT molecular complexity index is 808. The molecule has 150 valence electrons. The van der Waals surface area contributed by atoms with Gasteiger partial charge in [0.05, 0.1) is 4.90 Å². The van der Waals surface area contributed by atoms with E-state index in [1.165, 1.54) is 18.4 Å². The highest BCUT2D eigenvalue weighted by molar-refractivity contribution is 7.89. The lowest BCUT2D eigenvalue weighted by molar-refractivity contribution is -0.558. The number of hydrogen-bond acceptors (Lipinski definition) is 6. The van der Waals surface area contributed by atoms with Gasteiger partial charge in [0.25, 0.3) is 0 Å². The Balaban J connectivity index is 1.74. The second-order valence-corrected chi connectivity index (χ2v) is 10.0. The van der Waals surface area contributed by atoms with E-state index in [4.69, 9.17) is 19.2 Å². The minimum Gasteiger partial charge on any atom is -0.353 e. The number of rotatable bonds is 4. The van der Waals surface area contributed by atoms with Crippen LogP contribution in [-0.2, 0) is 35.1 Å². The molecule has 0 N–H and O–H groups in total. The van der Waals surface area contributed by atoms with Gasteiger partial charge in [-0.15, -0.1) is 0 Å². The van der Waals surface area contributed by atoms with Crippen molar-refractivity contribution in [2.45, 2.75) is 61.1 Å². The Labute approximate surface area is 160 Å². The molecular formula is C19H27NO6S. The Morgan fingerprint density at radius 1 is 1.15 bits per heavy atom. The first-order chi connectivity index (χ1) is 12.8. The molecule has 1 aromatic rings. The summed E-state index contributed by atoms with van der Waals surface area (Å²) in [6.45, 7) is 0. The van der Waals surface area contributed by atoms with Crippen molar-refractivity contribution in [3.63, 3.8) is 0 Å². The number of benzene rings is 1. The van der Waals surface area contributed by atoms with Crippen molar-refractivity contribution in [2.24, 2.45) is 5.92 Å². The Kier molecular flexibility index (Phi) is 4.85. The van der Waals surface area contributed by atoms with E-state index in [9.17, 15) is 8.42 Å². The molecule has 4 fully saturated rings. The summed E-state index contributed by atoms with van der Waals surface area (Å²) < 4.78 is 38.3. The average molecular weight is 397 g/mol. The molecule has 4 aliphatic rings. The molecule has 1 spiro atoms. The van der Waals surface area contributed by atoms with Crippen LogP contribution in [0.25, 0.3) is 0 Å². The van der Waals surface area contributed by atoms with E-state index >= 15 is 0 Å². The van der Waals surface area contributed by atoms with E-state index in [2.05, 4.69) is 0 Å². The van der Waals surface area contributed by atoms with E-state index in [-0.39, 0.29) is 4.90 Å². The molecule has 1 aliphatic carbocycles. The second-order valence-electron chi connectivity index (χ2n) is 7.86. The number of methoxy groups -OCH3 is 1. The maximum Gasteiger partial charge on any atom is 0.242 e. The van der Waals surface area contributed by atoms with Crippen molar-refractivity contribution >= 4 is 10.0 Å². The summed E-state index contributed by atoms with van der Waals surface area (Å²) >= 11 is 0. The third-order valence-electron chi connectivity index (χ3n) is 6.18. The lowest BCUT2D eigenvalue weighted by Crippen LogP contribution is -2.59. The molecule has 0 aromatic heterocycles. The maximum atomic E-state index is 12.6. The average Bonchev–Trinajstić information content (AvgIpc) is 2.94. The zero-order valence-corrected chi connectivity index (χ0v) is 16.8. The SMILES string of the molecule is CO[C@H]1O[C@@]2(c3cccc(S(=O)(=O)N(C)C)c3)CC[C@H]3CCCC[C@]31OO2. The summed E-state index contributed by atoms with van der Waals surface area (Å²) in [5, 5.41) is 0. The van der Waals surface area contributed by atoms with E-state index in [1.807, 2.05) is 6.07 Å². The normalized spacial score (nSPS) is 36.4. The van der Waals surface area contributed by atoms with Crippen LogP contribution in [-0.4, -0.2) is 45.8 Å². The summed E-state index contributed by atoms with van der Waals surface area (Å²) in [7, 11) is 1.08. The highest BCUT2D eigenvalue weighted by Crippen LogP contribution is 2.55. The molecule has 3 saturated heterocycles. The first-order valence-corrected chi connectivity index (χ1v) is 10.9. The smallest absolute Gasteiger partial charge is 0.242 e. The zero-order valence-electron chi connectivity index (χ0n) is 16.0. The van der Waals surface area contributed by atoms with Crippen molar-refractivity contribution in [1.29, 1.82) is 0 Å². The van der Waals surface area contributed by atoms with Gasteiger partial charge in [-0.25, -0.2) is 17.6 Å². The van der Waals surface area contributed by atoms with Crippen LogP contribution in [0.2, 0.25) is 0 Å². The Morgan fingerprint density at radius 3 is 2.70 bits per heavy atom. The standard InChI is InChI=1S/C19H27NO6S/c1-20(2)27(21,22)16-9-6-8-15(13-16)19-12-10-14-7-4-5-11-18(14,25-26-19)17(23-3)24-19/h6,8-9,13-14,17H,4-5,7,10-12H2,1-3H3/t14-,17+,18+,19+/m1/s1. The molecular weight excluding hydrogens is 370 g/mol. The number of sulfonamides is 1. The Hall–Kier alpha value is -1.03. The lowest BCUT2D eigenvalue weighted by Gasteiger charge is -2.49. The molecule has 0 amide bonds. The third-order valence-corrected chi connectivity index (χ3v) is 7.99. The van der Waals surface area contributed by atoms with Gasteiger partial charge in [0.2, 0.25) is 15.8 Å². The fourth-order valence-corrected chi connectivity index (χ4v) is 5.55. The molecule has 0 unspecified atom stereocenters. The van der Waals surface area contributed by atoms with Gasteiger partial charge in [0.15, 0.2) is 11.9 Å². The second kappa shape index (κ2) is 6.79. The molecule has 27 heavy (non-hydrogen) atoms. The molecule has 0 radical (unpaired) electrons. The number of nitrogens with zero attached hydrogens (tertiary/aromatic N) is 1. The minimum absolute atomic E-state index is 0.197. The van der Waals surface area contributed by atoms with Gasteiger partial charge in [0, 0.05) is 33.2 Å². The maximum absolute atomic E-state index is 12.6. The van der Waals surface area contributed by atoms with Crippen LogP contribution < -0.4 is 0 Å². The number of fused-ring (bicyclic) bond motifs is 3. The highest BCUT2D eigenvalue weighted by atomic mass is 32.2. The number of ether oxygens (including phenoxy) is 2. The molecule has 2 bridgehead atoms. The van der Waals surface area contributed by atoms with Crippen molar-refractivity contribution in [1.82, 2.24) is 4.31 Å². The summed E-state index contributed by atoms with van der Waals surface area (Å²) in [4.78, 5) is 12.1. The van der Waals surface area contributed by atoms with Gasteiger partial charge in [-0.3, -0.25) is 0 Å². The largest absolute Gasteiger partial charge is 0.353 e. The summed E-state index contributed by atoms with van der Waals surface area (Å²) in [6, 6.07) is 6.71. The Morgan fingerprint density at radius 2 is 1.96 bits per heavy atom. The van der Waals surface area contributed by atoms with Crippen LogP contribution >= 0.6 is 0 Å². The predicted octanol–water partition coefficient (Wildman–Crippen LogP) is 2.76. The van der Waals surface area contributed by atoms with Crippen molar-refractivity contribution in [3.05, 3.63) is 29.8 Å². The van der Waals surface area contributed by atoms with Crippen LogP contribution in [0, 0.1) is 5.92 Å². The van der Waals surface area contributed by atoms with Gasteiger partial charge in [-0.2, -0.15) is 4.89 Å². The predicted molar refractivity (Wildman–Crippen MR) is 97.0 cm³/mol. The number of hydrogen-bond donors (Lipinski definition) is 0. The van der Waals surface area contributed by atoms with Crippen molar-refractivity contribution in [3.8, 4) is 0 Å². The molecule has 3 aliphatic heterocycles. The first-order valence-electron chi connectivity index (χ1n) is 9.45. The van der Waals surface area contributed by atoms with Crippen molar-refractivity contribution in [2.75, 3.05) is 21.2 Å². The summed E-state index contributed by atoms with van der Waals surface area (Å²) in [5.74, 6) is -0.865. The molecule has 3 heterocycles. The molecule has 5 rings (SSSR count). The van der Waals surface area contributed by atoms with Gasteiger partial charge >= 0.3 is 0 Å². The van der Waals surface area contributed by atoms with E-state index in [0.717, 1.165) is 32.1 Å². The zero-order chi connectivity index (χ0) is 19.3. The molecule has 1 saturated carbocycles. The molecule has 7 nitrogen and oxygen atoms in total. The third kappa shape index (κ3) is 2.94. The lowest BCUT2D eigenvalue weighted by atomic mass is 9.73. The molecule has 1 aromatic carbocycles. The molecule has 8 heteroatoms. The van der Waals surface area contributed by atoms with Gasteiger partial charge < -0.3 is 9.47 Å². The van der Waals surface area contributed by atoms with Crippen LogP contribution in [0.3, 0.4) is 0 Å². The van der Waals surface area contributed by atoms with E-state index in [1.54, 1.807) is 25.3 Å². The van der Waals surface area contributed by atoms with E-state index < -0.39 is 27.7 Å². The van der Waals surface area contributed by atoms with Crippen molar-refractivity contribution < 1.29 is 27.7 Å². The fourth-order valence-electron chi connectivity index (χ4n) is 4.60. The van der Waals surface area contributed by atoms with Gasteiger partial charge in [-0.05, 0) is 37.3 Å². The van der Waals surface area contributed by atoms with Crippen LogP contribution in [0.1, 0.15) is 44.1 Å². The van der Waals surface area contributed by atoms with Crippen LogP contribution in [0.5, 0.6) is 0 Å². The van der Waals surface area contributed by atoms with Gasteiger partial charge in [0.1, 0.15) is 0 Å². The summed E-state index contributed by atoms with van der Waals surface area (Å²) in [6.07, 6.45) is 5.02. The molecule has 4 atom stereocenters.